The summed E-state index contributed by atoms with van der Waals surface area (Å²) < 4.78 is 19.8. The normalized spacial score (nSPS) is 13.8. The first-order chi connectivity index (χ1) is 11.7. The van der Waals surface area contributed by atoms with Crippen LogP contribution in [0.25, 0.3) is 0 Å². The van der Waals surface area contributed by atoms with Gasteiger partial charge in [0.25, 0.3) is 0 Å². The Balaban J connectivity index is -0.0000000474. The van der Waals surface area contributed by atoms with Gasteiger partial charge in [-0.15, -0.1) is 0 Å². The van der Waals surface area contributed by atoms with E-state index in [9.17, 15) is 0 Å². The van der Waals surface area contributed by atoms with Crippen molar-refractivity contribution in [3.05, 3.63) is 81.1 Å². The molecule has 2 saturated heterocycles. The molecule has 0 N–H and O–H groups in total. The molecule has 2 fully saturated rings. The van der Waals surface area contributed by atoms with E-state index in [1.165, 1.54) is 25.7 Å². The van der Waals surface area contributed by atoms with Crippen LogP contribution in [0.5, 0.6) is 0 Å². The van der Waals surface area contributed by atoms with E-state index in [-0.39, 0.29) is 51.6 Å². The third kappa shape index (κ3) is 83.9. The van der Waals surface area contributed by atoms with Crippen molar-refractivity contribution in [1.29, 1.82) is 0 Å². The molecule has 2 rings (SSSR count). The van der Waals surface area contributed by atoms with Crippen molar-refractivity contribution in [2.75, 3.05) is 52.9 Å². The molecule has 0 spiro atoms. The van der Waals surface area contributed by atoms with Crippen LogP contribution in [0.4, 0.5) is 0 Å². The molecule has 2 aliphatic heterocycles. The minimum atomic E-state index is 0. The van der Waals surface area contributed by atoms with Crippen molar-refractivity contribution in [2.24, 2.45) is 0 Å². The van der Waals surface area contributed by atoms with Crippen LogP contribution in [0.2, 0.25) is 0 Å². The summed E-state index contributed by atoms with van der Waals surface area (Å²) >= 11 is 0. The molecule has 4 nitrogen and oxygen atoms in total. The maximum Gasteiger partial charge on any atom is 1.00 e. The topological polar surface area (TPSA) is 36.9 Å². The van der Waals surface area contributed by atoms with E-state index < -0.39 is 0 Å². The number of rotatable bonds is 0. The van der Waals surface area contributed by atoms with Crippen molar-refractivity contribution in [3.63, 3.8) is 0 Å². The summed E-state index contributed by atoms with van der Waals surface area (Å²) in [5.74, 6) is 0. The van der Waals surface area contributed by atoms with Gasteiger partial charge in [-0.3, -0.25) is 0 Å². The monoisotopic (exact) mass is 436 g/mol. The standard InChI is InChI=1S/2C4H8O2.4C3H5.Li.Y/c2*1-2-6-4-3-5-1;4*1-3-2;;/h2*1-4H2;4*3H,1-2H2;;/q;;;;;;+1;. The van der Waals surface area contributed by atoms with Crippen molar-refractivity contribution in [1.82, 2.24) is 0 Å². The van der Waals surface area contributed by atoms with Gasteiger partial charge in [-0.2, -0.15) is 0 Å². The van der Waals surface area contributed by atoms with Gasteiger partial charge in [0.1, 0.15) is 0 Å². The van der Waals surface area contributed by atoms with Gasteiger partial charge in [0.15, 0.2) is 0 Å². The van der Waals surface area contributed by atoms with Crippen LogP contribution in [0.15, 0.2) is 0 Å². The molecule has 0 aromatic heterocycles. The average molecular weight is 436 g/mol. The third-order valence-electron chi connectivity index (χ3n) is 1.49. The molecule has 2 aliphatic rings. The predicted octanol–water partition coefficient (Wildman–Crippen LogP) is 0.503. The molecule has 0 aromatic rings. The van der Waals surface area contributed by atoms with Crippen LogP contribution in [0.3, 0.4) is 0 Å². The smallest absolute Gasteiger partial charge is 0.377 e. The Bertz CT molecular complexity index is 105. The van der Waals surface area contributed by atoms with E-state index >= 15 is 0 Å². The molecule has 0 unspecified atom stereocenters. The molecule has 6 heteroatoms. The van der Waals surface area contributed by atoms with Crippen LogP contribution in [0.1, 0.15) is 0 Å². The zero-order valence-electron chi connectivity index (χ0n) is 16.8. The van der Waals surface area contributed by atoms with Crippen molar-refractivity contribution in [2.45, 2.75) is 0 Å². The van der Waals surface area contributed by atoms with E-state index in [2.05, 4.69) is 55.4 Å². The van der Waals surface area contributed by atoms with Gasteiger partial charge < -0.3 is 18.9 Å². The second-order valence-corrected chi connectivity index (χ2v) is 3.60. The van der Waals surface area contributed by atoms with Crippen molar-refractivity contribution >= 4 is 0 Å². The van der Waals surface area contributed by atoms with E-state index in [1.807, 2.05) is 0 Å². The number of hydrogen-bond donors (Lipinski definition) is 0. The van der Waals surface area contributed by atoms with Crippen LogP contribution >= 0.6 is 0 Å². The molecule has 0 bridgehead atoms. The number of ether oxygens (including phenoxy) is 4. The van der Waals surface area contributed by atoms with E-state index in [0.29, 0.717) is 0 Å². The van der Waals surface area contributed by atoms with Gasteiger partial charge in [-0.1, -0.05) is 0 Å². The fourth-order valence-electron chi connectivity index (χ4n) is 0.880. The summed E-state index contributed by atoms with van der Waals surface area (Å²) in [7, 11) is 0. The zero-order chi connectivity index (χ0) is 19.3. The Hall–Kier alpha value is 1.54. The van der Waals surface area contributed by atoms with Gasteiger partial charge in [-0.05, 0) is 81.1 Å². The first-order valence-electron chi connectivity index (χ1n) is 7.58. The van der Waals surface area contributed by atoms with Gasteiger partial charge in [0, 0.05) is 32.7 Å². The molecule has 0 aliphatic carbocycles. The van der Waals surface area contributed by atoms with E-state index in [1.54, 1.807) is 0 Å². The van der Waals surface area contributed by atoms with E-state index in [0.717, 1.165) is 52.9 Å². The van der Waals surface area contributed by atoms with Gasteiger partial charge in [0.05, 0.1) is 52.9 Å². The van der Waals surface area contributed by atoms with Crippen LogP contribution in [0, 0.1) is 81.1 Å². The minimum absolute atomic E-state index is 0. The van der Waals surface area contributed by atoms with Crippen LogP contribution in [-0.2, 0) is 51.7 Å². The molecule has 13 radical (unpaired) electrons. The largest absolute Gasteiger partial charge is 1.00 e. The summed E-state index contributed by atoms with van der Waals surface area (Å²) in [6.45, 7) is 32.2. The average Bonchev–Trinajstić information content (AvgIpc) is 2.61. The third-order valence-corrected chi connectivity index (χ3v) is 1.49. The summed E-state index contributed by atoms with van der Waals surface area (Å²) in [6.07, 6.45) is 6.00. The molecule has 2 heterocycles. The fourth-order valence-corrected chi connectivity index (χ4v) is 0.880. The summed E-state index contributed by atoms with van der Waals surface area (Å²) in [5, 5.41) is 0. The van der Waals surface area contributed by atoms with Crippen molar-refractivity contribution < 1.29 is 70.5 Å². The van der Waals surface area contributed by atoms with Crippen molar-refractivity contribution in [3.8, 4) is 0 Å². The Morgan fingerprint density at radius 1 is 0.385 bits per heavy atom. The van der Waals surface area contributed by atoms with Crippen LogP contribution in [-0.4, -0.2) is 52.9 Å². The maximum absolute atomic E-state index is 4.94. The quantitative estimate of drug-likeness (QED) is 0.519. The fraction of sp³-hybridized carbons (Fsp3) is 0.400. The van der Waals surface area contributed by atoms with Gasteiger partial charge in [0.2, 0.25) is 0 Å². The van der Waals surface area contributed by atoms with Gasteiger partial charge in [-0.25, -0.2) is 0 Å². The molecular weight excluding hydrogens is 400 g/mol. The Morgan fingerprint density at radius 2 is 0.462 bits per heavy atom. The summed E-state index contributed by atoms with van der Waals surface area (Å²) in [5.41, 5.74) is 0. The van der Waals surface area contributed by atoms with E-state index in [4.69, 9.17) is 18.9 Å². The molecule has 143 valence electrons. The molecule has 0 amide bonds. The molecule has 26 heavy (non-hydrogen) atoms. The summed E-state index contributed by atoms with van der Waals surface area (Å²) in [6, 6.07) is 0. The number of hydrogen-bond acceptors (Lipinski definition) is 4. The predicted molar refractivity (Wildman–Crippen MR) is 103 cm³/mol. The SMILES string of the molecule is C1COCCO1.C1COCCO1.[CH2][CH][CH2].[CH2][CH][CH2].[CH2][CH][CH2].[CH2][CH][CH2].[Li+].[Y]. The second kappa shape index (κ2) is 56.3. The molecule has 0 atom stereocenters. The zero-order valence-corrected chi connectivity index (χ0v) is 19.7. The Labute approximate surface area is 203 Å². The molecular formula is C20H36LiO4Y+. The Kier molecular flexibility index (Phi) is 90.5. The first kappa shape index (κ1) is 41.8. The minimum Gasteiger partial charge on any atom is -0.377 e. The summed E-state index contributed by atoms with van der Waals surface area (Å²) in [4.78, 5) is 0. The second-order valence-electron chi connectivity index (χ2n) is 3.60. The maximum atomic E-state index is 4.94. The molecule has 0 aromatic carbocycles. The molecule has 0 saturated carbocycles. The van der Waals surface area contributed by atoms with Crippen LogP contribution < -0.4 is 18.9 Å². The Morgan fingerprint density at radius 3 is 0.500 bits per heavy atom. The van der Waals surface area contributed by atoms with Gasteiger partial charge >= 0.3 is 18.9 Å². The first-order valence-corrected chi connectivity index (χ1v) is 7.58.